The normalized spacial score (nSPS) is 10.5. The van der Waals surface area contributed by atoms with Crippen LogP contribution in [0.4, 0.5) is 4.79 Å². The predicted molar refractivity (Wildman–Crippen MR) is 82.9 cm³/mol. The molecule has 0 unspecified atom stereocenters. The minimum atomic E-state index is -0.646. The predicted octanol–water partition coefficient (Wildman–Crippen LogP) is 2.60. The van der Waals surface area contributed by atoms with Gasteiger partial charge in [-0.05, 0) is 26.3 Å². The van der Waals surface area contributed by atoms with Crippen LogP contribution in [0, 0.1) is 12.3 Å². The van der Waals surface area contributed by atoms with E-state index in [1.54, 1.807) is 20.8 Å². The van der Waals surface area contributed by atoms with Crippen LogP contribution >= 0.6 is 0 Å². The van der Waals surface area contributed by atoms with Crippen LogP contribution in [0.1, 0.15) is 26.3 Å². The molecule has 118 valence electrons. The smallest absolute Gasteiger partial charge is 0.411 e. The molecule has 0 fully saturated rings. The Morgan fingerprint density at radius 2 is 1.86 bits per heavy atom. The lowest BCUT2D eigenvalue weighted by atomic mass is 10.2. The molecule has 1 amide bonds. The maximum absolute atomic E-state index is 12.0. The number of benzene rings is 1. The van der Waals surface area contributed by atoms with Gasteiger partial charge in [0, 0.05) is 0 Å². The highest BCUT2D eigenvalue weighted by molar-refractivity contribution is 5.78. The van der Waals surface area contributed by atoms with Gasteiger partial charge in [0.1, 0.15) is 18.8 Å². The van der Waals surface area contributed by atoms with Gasteiger partial charge >= 0.3 is 12.1 Å². The van der Waals surface area contributed by atoms with Crippen molar-refractivity contribution in [2.45, 2.75) is 33.0 Å². The third kappa shape index (κ3) is 6.80. The average molecular weight is 303 g/mol. The Morgan fingerprint density at radius 3 is 2.41 bits per heavy atom. The van der Waals surface area contributed by atoms with E-state index in [9.17, 15) is 9.59 Å². The zero-order valence-corrected chi connectivity index (χ0v) is 13.2. The van der Waals surface area contributed by atoms with Gasteiger partial charge < -0.3 is 9.47 Å². The highest BCUT2D eigenvalue weighted by Crippen LogP contribution is 2.08. The second-order valence-corrected chi connectivity index (χ2v) is 5.69. The van der Waals surface area contributed by atoms with E-state index in [0.29, 0.717) is 0 Å². The van der Waals surface area contributed by atoms with Crippen molar-refractivity contribution in [3.8, 4) is 12.3 Å². The Kier molecular flexibility index (Phi) is 6.46. The third-order valence-corrected chi connectivity index (χ3v) is 2.49. The number of carbonyl (C=O) groups excluding carboxylic acids is 2. The van der Waals surface area contributed by atoms with Crippen LogP contribution in [0.5, 0.6) is 0 Å². The summed E-state index contributed by atoms with van der Waals surface area (Å²) >= 11 is 0. The maximum atomic E-state index is 12.0. The lowest BCUT2D eigenvalue weighted by Gasteiger charge is -2.23. The molecule has 0 atom stereocenters. The van der Waals surface area contributed by atoms with E-state index in [2.05, 4.69) is 5.92 Å². The first-order valence-corrected chi connectivity index (χ1v) is 6.93. The van der Waals surface area contributed by atoms with E-state index in [0.717, 1.165) is 10.5 Å². The summed E-state index contributed by atoms with van der Waals surface area (Å²) in [4.78, 5) is 24.9. The van der Waals surface area contributed by atoms with Crippen molar-refractivity contribution in [1.82, 2.24) is 4.90 Å². The minimum Gasteiger partial charge on any atom is -0.459 e. The fraction of sp³-hybridized carbons (Fsp3) is 0.412. The van der Waals surface area contributed by atoms with Crippen LogP contribution in [0.3, 0.4) is 0 Å². The first-order valence-electron chi connectivity index (χ1n) is 6.93. The summed E-state index contributed by atoms with van der Waals surface area (Å²) in [6.45, 7) is 5.12. The summed E-state index contributed by atoms with van der Waals surface area (Å²) in [5.74, 6) is 1.80. The molecule has 5 nitrogen and oxygen atoms in total. The number of hydrogen-bond acceptors (Lipinski definition) is 4. The van der Waals surface area contributed by atoms with Crippen molar-refractivity contribution < 1.29 is 19.1 Å². The lowest BCUT2D eigenvalue weighted by Crippen LogP contribution is -2.39. The molecule has 1 rings (SSSR count). The second kappa shape index (κ2) is 8.08. The molecule has 5 heteroatoms. The van der Waals surface area contributed by atoms with Crippen LogP contribution in [-0.2, 0) is 20.9 Å². The van der Waals surface area contributed by atoms with Gasteiger partial charge in [0.2, 0.25) is 0 Å². The number of rotatable bonds is 5. The lowest BCUT2D eigenvalue weighted by molar-refractivity contribution is -0.155. The van der Waals surface area contributed by atoms with Crippen molar-refractivity contribution >= 4 is 12.1 Å². The Labute approximate surface area is 131 Å². The first-order chi connectivity index (χ1) is 10.3. The summed E-state index contributed by atoms with van der Waals surface area (Å²) in [6, 6.07) is 9.25. The molecular formula is C17H21NO4. The Hall–Kier alpha value is -2.48. The zero-order chi connectivity index (χ0) is 16.6. The fourth-order valence-electron chi connectivity index (χ4n) is 1.64. The molecule has 0 aliphatic heterocycles. The van der Waals surface area contributed by atoms with Crippen LogP contribution in [0.2, 0.25) is 0 Å². The first kappa shape index (κ1) is 17.6. The largest absolute Gasteiger partial charge is 0.459 e. The quantitative estimate of drug-likeness (QED) is 0.620. The van der Waals surface area contributed by atoms with Gasteiger partial charge in [-0.1, -0.05) is 36.3 Å². The molecule has 0 heterocycles. The fourth-order valence-corrected chi connectivity index (χ4v) is 1.64. The topological polar surface area (TPSA) is 55.8 Å². The Morgan fingerprint density at radius 1 is 1.23 bits per heavy atom. The van der Waals surface area contributed by atoms with Crippen molar-refractivity contribution in [2.75, 3.05) is 13.1 Å². The summed E-state index contributed by atoms with van der Waals surface area (Å²) < 4.78 is 10.3. The van der Waals surface area contributed by atoms with Gasteiger partial charge in [-0.3, -0.25) is 9.69 Å². The molecule has 22 heavy (non-hydrogen) atoms. The van der Waals surface area contributed by atoms with E-state index >= 15 is 0 Å². The molecule has 0 aliphatic rings. The third-order valence-electron chi connectivity index (χ3n) is 2.49. The zero-order valence-electron chi connectivity index (χ0n) is 13.2. The Bertz CT molecular complexity index is 540. The molecule has 0 N–H and O–H groups in total. The molecule has 0 bridgehead atoms. The summed E-state index contributed by atoms with van der Waals surface area (Å²) in [6.07, 6.45) is 4.58. The summed E-state index contributed by atoms with van der Waals surface area (Å²) in [5.41, 5.74) is 0.237. The monoisotopic (exact) mass is 303 g/mol. The number of hydrogen-bond donors (Lipinski definition) is 0. The van der Waals surface area contributed by atoms with E-state index in [4.69, 9.17) is 15.9 Å². The molecule has 1 aromatic carbocycles. The Balaban J connectivity index is 2.56. The number of ether oxygens (including phenoxy) is 2. The highest BCUT2D eigenvalue weighted by Gasteiger charge is 2.22. The van der Waals surface area contributed by atoms with E-state index in [-0.39, 0.29) is 19.7 Å². The molecule has 0 spiro atoms. The van der Waals surface area contributed by atoms with Crippen molar-refractivity contribution in [2.24, 2.45) is 0 Å². The minimum absolute atomic E-state index is 0.0210. The summed E-state index contributed by atoms with van der Waals surface area (Å²) in [7, 11) is 0. The van der Waals surface area contributed by atoms with Gasteiger partial charge in [-0.2, -0.15) is 0 Å². The number of nitrogens with zero attached hydrogens (tertiary/aromatic N) is 1. The van der Waals surface area contributed by atoms with Crippen molar-refractivity contribution in [3.05, 3.63) is 35.9 Å². The number of amides is 1. The molecule has 0 radical (unpaired) electrons. The standard InChI is InChI=1S/C17H21NO4/c1-5-11-18(12-15(19)22-17(2,3)4)16(20)21-13-14-9-7-6-8-10-14/h1,6-10H,11-13H2,2-4H3. The summed E-state index contributed by atoms with van der Waals surface area (Å²) in [5, 5.41) is 0. The molecule has 0 saturated heterocycles. The van der Waals surface area contributed by atoms with Crippen molar-refractivity contribution in [3.63, 3.8) is 0 Å². The van der Waals surface area contributed by atoms with Gasteiger partial charge in [0.25, 0.3) is 0 Å². The van der Waals surface area contributed by atoms with Crippen LogP contribution < -0.4 is 0 Å². The van der Waals surface area contributed by atoms with Crippen LogP contribution in [0.15, 0.2) is 30.3 Å². The highest BCUT2D eigenvalue weighted by atomic mass is 16.6. The number of terminal acetylenes is 1. The molecule has 0 aliphatic carbocycles. The molecule has 0 saturated carbocycles. The number of esters is 1. The van der Waals surface area contributed by atoms with E-state index in [1.165, 1.54) is 0 Å². The SMILES string of the molecule is C#CCN(CC(=O)OC(C)(C)C)C(=O)OCc1ccccc1. The average Bonchev–Trinajstić information content (AvgIpc) is 2.43. The van der Waals surface area contributed by atoms with Crippen LogP contribution in [-0.4, -0.2) is 35.7 Å². The van der Waals surface area contributed by atoms with E-state index in [1.807, 2.05) is 30.3 Å². The molecule has 1 aromatic rings. The van der Waals surface area contributed by atoms with Crippen molar-refractivity contribution in [1.29, 1.82) is 0 Å². The van der Waals surface area contributed by atoms with Gasteiger partial charge in [-0.25, -0.2) is 4.79 Å². The van der Waals surface area contributed by atoms with Crippen LogP contribution in [0.25, 0.3) is 0 Å². The van der Waals surface area contributed by atoms with Gasteiger partial charge in [0.05, 0.1) is 6.54 Å². The van der Waals surface area contributed by atoms with Gasteiger partial charge in [0.15, 0.2) is 0 Å². The van der Waals surface area contributed by atoms with E-state index < -0.39 is 17.7 Å². The molecule has 0 aromatic heterocycles. The second-order valence-electron chi connectivity index (χ2n) is 5.69. The maximum Gasteiger partial charge on any atom is 0.411 e. The molecular weight excluding hydrogens is 282 g/mol. The number of carbonyl (C=O) groups is 2. The van der Waals surface area contributed by atoms with Gasteiger partial charge in [-0.15, -0.1) is 6.42 Å².